The van der Waals surface area contributed by atoms with Gasteiger partial charge >= 0.3 is 5.97 Å². The molecule has 1 aromatic rings. The molecule has 0 aromatic heterocycles. The van der Waals surface area contributed by atoms with Gasteiger partial charge in [0.25, 0.3) is 0 Å². The van der Waals surface area contributed by atoms with Gasteiger partial charge in [-0.25, -0.2) is 4.79 Å². The third-order valence-corrected chi connectivity index (χ3v) is 2.20. The van der Waals surface area contributed by atoms with E-state index in [0.717, 1.165) is 0 Å². The third-order valence-electron chi connectivity index (χ3n) is 2.20. The fourth-order valence-electron chi connectivity index (χ4n) is 1.41. The summed E-state index contributed by atoms with van der Waals surface area (Å²) in [5.41, 5.74) is 4.85. The van der Waals surface area contributed by atoms with Crippen LogP contribution in [-0.2, 0) is 10.3 Å². The Morgan fingerprint density at radius 3 is 2.92 bits per heavy atom. The number of benzene rings is 1. The molecule has 4 nitrogen and oxygen atoms in total. The van der Waals surface area contributed by atoms with Crippen molar-refractivity contribution in [2.45, 2.75) is 5.54 Å². The smallest absolute Gasteiger partial charge is 0.332 e. The molecule has 0 amide bonds. The Morgan fingerprint density at radius 2 is 2.23 bits per heavy atom. The molecule has 0 unspecified atom stereocenters. The summed E-state index contributed by atoms with van der Waals surface area (Å²) in [5.74, 6) is -0.496. The lowest BCUT2D eigenvalue weighted by Gasteiger charge is -2.15. The van der Waals surface area contributed by atoms with E-state index in [1.54, 1.807) is 24.3 Å². The van der Waals surface area contributed by atoms with Crippen LogP contribution in [-0.4, -0.2) is 17.7 Å². The summed E-state index contributed by atoms with van der Waals surface area (Å²) in [6.07, 6.45) is 0. The zero-order chi connectivity index (χ0) is 9.47. The molecular weight excluding hydrogens is 170 g/mol. The molecule has 1 heterocycles. The lowest BCUT2D eigenvalue weighted by atomic mass is 9.94. The van der Waals surface area contributed by atoms with Crippen LogP contribution in [0.2, 0.25) is 0 Å². The highest BCUT2D eigenvalue weighted by Crippen LogP contribution is 2.34. The van der Waals surface area contributed by atoms with Gasteiger partial charge in [-0.1, -0.05) is 18.2 Å². The number of hydrogen-bond acceptors (Lipinski definition) is 3. The van der Waals surface area contributed by atoms with Crippen LogP contribution >= 0.6 is 0 Å². The van der Waals surface area contributed by atoms with Gasteiger partial charge in [0.15, 0.2) is 5.54 Å². The molecule has 1 atom stereocenters. The van der Waals surface area contributed by atoms with Crippen molar-refractivity contribution in [1.29, 1.82) is 0 Å². The van der Waals surface area contributed by atoms with Gasteiger partial charge in [-0.15, -0.1) is 0 Å². The van der Waals surface area contributed by atoms with E-state index in [0.29, 0.717) is 11.3 Å². The van der Waals surface area contributed by atoms with Gasteiger partial charge < -0.3 is 15.6 Å². The maximum Gasteiger partial charge on any atom is 0.332 e. The average Bonchev–Trinajstić information content (AvgIpc) is 2.47. The summed E-state index contributed by atoms with van der Waals surface area (Å²) in [6.45, 7) is 0.00167. The van der Waals surface area contributed by atoms with E-state index in [1.807, 2.05) is 0 Å². The van der Waals surface area contributed by atoms with Crippen molar-refractivity contribution in [3.05, 3.63) is 29.8 Å². The maximum absolute atomic E-state index is 10.9. The van der Waals surface area contributed by atoms with Crippen molar-refractivity contribution in [1.82, 2.24) is 0 Å². The highest BCUT2D eigenvalue weighted by molar-refractivity contribution is 5.82. The summed E-state index contributed by atoms with van der Waals surface area (Å²) in [5, 5.41) is 8.91. The number of fused-ring (bicyclic) bond motifs is 1. The first-order chi connectivity index (χ1) is 6.14. The van der Waals surface area contributed by atoms with Crippen LogP contribution in [0.1, 0.15) is 5.56 Å². The molecule has 0 spiro atoms. The number of ether oxygens (including phenoxy) is 1. The minimum absolute atomic E-state index is 0.00167. The molecule has 4 heteroatoms. The number of carboxylic acid groups (broad SMARTS) is 1. The van der Waals surface area contributed by atoms with Gasteiger partial charge in [0.2, 0.25) is 0 Å². The summed E-state index contributed by atoms with van der Waals surface area (Å²) < 4.78 is 5.17. The molecule has 1 aliphatic rings. The molecule has 0 saturated carbocycles. The molecule has 0 aliphatic carbocycles. The number of para-hydroxylation sites is 1. The van der Waals surface area contributed by atoms with Gasteiger partial charge in [0.05, 0.1) is 0 Å². The first-order valence-corrected chi connectivity index (χ1v) is 3.89. The largest absolute Gasteiger partial charge is 0.490 e. The number of carbonyl (C=O) groups is 1. The number of nitrogens with two attached hydrogens (primary N) is 1. The van der Waals surface area contributed by atoms with E-state index in [4.69, 9.17) is 15.6 Å². The van der Waals surface area contributed by atoms with E-state index in [9.17, 15) is 4.79 Å². The van der Waals surface area contributed by atoms with E-state index in [2.05, 4.69) is 0 Å². The lowest BCUT2D eigenvalue weighted by Crippen LogP contribution is -2.46. The second-order valence-electron chi connectivity index (χ2n) is 3.06. The highest BCUT2D eigenvalue weighted by Gasteiger charge is 2.43. The van der Waals surface area contributed by atoms with Crippen molar-refractivity contribution >= 4 is 5.97 Å². The molecule has 3 N–H and O–H groups in total. The van der Waals surface area contributed by atoms with E-state index in [-0.39, 0.29) is 6.61 Å². The molecular formula is C9H9NO3. The average molecular weight is 179 g/mol. The number of rotatable bonds is 1. The van der Waals surface area contributed by atoms with Crippen molar-refractivity contribution in [2.75, 3.05) is 6.61 Å². The van der Waals surface area contributed by atoms with Crippen LogP contribution in [0.3, 0.4) is 0 Å². The van der Waals surface area contributed by atoms with Crippen molar-refractivity contribution < 1.29 is 14.6 Å². The van der Waals surface area contributed by atoms with Gasteiger partial charge in [-0.05, 0) is 6.07 Å². The van der Waals surface area contributed by atoms with Gasteiger partial charge in [-0.3, -0.25) is 0 Å². The Balaban J connectivity index is 2.55. The van der Waals surface area contributed by atoms with Crippen molar-refractivity contribution in [3.8, 4) is 5.75 Å². The molecule has 1 aromatic carbocycles. The Labute approximate surface area is 74.9 Å². The lowest BCUT2D eigenvalue weighted by molar-refractivity contribution is -0.144. The Morgan fingerprint density at radius 1 is 1.54 bits per heavy atom. The van der Waals surface area contributed by atoms with Crippen LogP contribution in [0.25, 0.3) is 0 Å². The minimum Gasteiger partial charge on any atom is -0.490 e. The first kappa shape index (κ1) is 8.07. The molecule has 0 fully saturated rings. The second-order valence-corrected chi connectivity index (χ2v) is 3.06. The zero-order valence-corrected chi connectivity index (χ0v) is 6.86. The predicted molar refractivity (Wildman–Crippen MR) is 45.4 cm³/mol. The summed E-state index contributed by atoms with van der Waals surface area (Å²) in [4.78, 5) is 10.9. The second kappa shape index (κ2) is 2.47. The fraction of sp³-hybridized carbons (Fsp3) is 0.222. The fourth-order valence-corrected chi connectivity index (χ4v) is 1.41. The Kier molecular flexibility index (Phi) is 1.53. The van der Waals surface area contributed by atoms with E-state index in [1.165, 1.54) is 0 Å². The molecule has 68 valence electrons. The molecule has 1 aliphatic heterocycles. The highest BCUT2D eigenvalue weighted by atomic mass is 16.5. The van der Waals surface area contributed by atoms with Crippen molar-refractivity contribution in [2.24, 2.45) is 5.73 Å². The van der Waals surface area contributed by atoms with Crippen LogP contribution < -0.4 is 10.5 Å². The van der Waals surface area contributed by atoms with Crippen LogP contribution in [0, 0.1) is 0 Å². The van der Waals surface area contributed by atoms with Gasteiger partial charge in [0, 0.05) is 5.56 Å². The minimum atomic E-state index is -1.38. The SMILES string of the molecule is N[C@@]1(C(=O)O)COc2ccccc21. The third kappa shape index (κ3) is 0.990. The Hall–Kier alpha value is -1.55. The summed E-state index contributed by atoms with van der Waals surface area (Å²) >= 11 is 0. The quantitative estimate of drug-likeness (QED) is 0.651. The molecule has 2 rings (SSSR count). The standard InChI is InChI=1S/C9H9NO3/c10-9(8(11)12)5-13-7-4-2-1-3-6(7)9/h1-4H,5,10H2,(H,11,12)/t9-/m0/s1. The molecule has 0 radical (unpaired) electrons. The topological polar surface area (TPSA) is 72.6 Å². The molecule has 0 saturated heterocycles. The number of aliphatic carboxylic acids is 1. The van der Waals surface area contributed by atoms with Crippen molar-refractivity contribution in [3.63, 3.8) is 0 Å². The Bertz CT molecular complexity index is 364. The first-order valence-electron chi connectivity index (χ1n) is 3.89. The zero-order valence-electron chi connectivity index (χ0n) is 6.86. The van der Waals surface area contributed by atoms with Crippen LogP contribution in [0.5, 0.6) is 5.75 Å². The summed E-state index contributed by atoms with van der Waals surface area (Å²) in [7, 11) is 0. The van der Waals surface area contributed by atoms with Gasteiger partial charge in [-0.2, -0.15) is 0 Å². The van der Waals surface area contributed by atoms with E-state index < -0.39 is 11.5 Å². The molecule has 13 heavy (non-hydrogen) atoms. The number of hydrogen-bond donors (Lipinski definition) is 2. The number of carboxylic acids is 1. The van der Waals surface area contributed by atoms with Crippen LogP contribution in [0.15, 0.2) is 24.3 Å². The van der Waals surface area contributed by atoms with E-state index >= 15 is 0 Å². The normalized spacial score (nSPS) is 25.0. The summed E-state index contributed by atoms with van der Waals surface area (Å²) in [6, 6.07) is 6.92. The molecule has 0 bridgehead atoms. The van der Waals surface area contributed by atoms with Crippen LogP contribution in [0.4, 0.5) is 0 Å². The maximum atomic E-state index is 10.9. The predicted octanol–water partition coefficient (Wildman–Crippen LogP) is 0.318. The van der Waals surface area contributed by atoms with Gasteiger partial charge in [0.1, 0.15) is 12.4 Å². The monoisotopic (exact) mass is 179 g/mol.